The van der Waals surface area contributed by atoms with E-state index in [1.807, 2.05) is 20.8 Å². The van der Waals surface area contributed by atoms with Crippen LogP contribution in [0, 0.1) is 11.2 Å². The Kier molecular flexibility index (Phi) is 5.15. The first-order chi connectivity index (χ1) is 9.04. The maximum absolute atomic E-state index is 13.3. The Morgan fingerprint density at radius 2 is 1.80 bits per heavy atom. The van der Waals surface area contributed by atoms with E-state index in [-0.39, 0.29) is 11.0 Å². The van der Waals surface area contributed by atoms with Crippen LogP contribution in [0.1, 0.15) is 50.8 Å². The molecule has 0 heterocycles. The van der Waals surface area contributed by atoms with Gasteiger partial charge in [0.25, 0.3) is 0 Å². The van der Waals surface area contributed by atoms with Crippen LogP contribution in [0.5, 0.6) is 0 Å². The fourth-order valence-corrected chi connectivity index (χ4v) is 1.99. The molecule has 1 atom stereocenters. The summed E-state index contributed by atoms with van der Waals surface area (Å²) in [5.41, 5.74) is 1.32. The predicted molar refractivity (Wildman–Crippen MR) is 70.2 cm³/mol. The van der Waals surface area contributed by atoms with Crippen LogP contribution in [0.2, 0.25) is 0 Å². The highest BCUT2D eigenvalue weighted by Gasteiger charge is 2.35. The van der Waals surface area contributed by atoms with Gasteiger partial charge in [0.05, 0.1) is 5.56 Å². The molecule has 1 aromatic carbocycles. The Hall–Kier alpha value is -1.14. The summed E-state index contributed by atoms with van der Waals surface area (Å²) in [6, 6.07) is 1.73. The van der Waals surface area contributed by atoms with Crippen molar-refractivity contribution in [2.75, 3.05) is 0 Å². The summed E-state index contributed by atoms with van der Waals surface area (Å²) >= 11 is 0. The molecule has 1 rings (SSSR count). The van der Waals surface area contributed by atoms with Crippen molar-refractivity contribution in [3.05, 3.63) is 35.1 Å². The number of hydrogen-bond donors (Lipinski definition) is 2. The molecule has 0 radical (unpaired) electrons. The largest absolute Gasteiger partial charge is 0.416 e. The van der Waals surface area contributed by atoms with Crippen LogP contribution in [0.25, 0.3) is 0 Å². The van der Waals surface area contributed by atoms with Gasteiger partial charge >= 0.3 is 6.18 Å². The molecular formula is C14H20F4N2. The third-order valence-corrected chi connectivity index (χ3v) is 3.08. The molecule has 3 N–H and O–H groups in total. The van der Waals surface area contributed by atoms with Gasteiger partial charge in [-0.1, -0.05) is 20.8 Å². The number of hydrazine groups is 1. The number of nitrogens with one attached hydrogen (secondary N) is 1. The molecular weight excluding hydrogens is 272 g/mol. The fraction of sp³-hybridized carbons (Fsp3) is 0.571. The van der Waals surface area contributed by atoms with Gasteiger partial charge in [0.2, 0.25) is 0 Å². The molecule has 0 amide bonds. The summed E-state index contributed by atoms with van der Waals surface area (Å²) in [6.45, 7) is 5.95. The number of hydrogen-bond acceptors (Lipinski definition) is 2. The predicted octanol–water partition coefficient (Wildman–Crippen LogP) is 4.18. The van der Waals surface area contributed by atoms with Gasteiger partial charge in [0.15, 0.2) is 0 Å². The van der Waals surface area contributed by atoms with E-state index >= 15 is 0 Å². The van der Waals surface area contributed by atoms with E-state index in [1.54, 1.807) is 0 Å². The van der Waals surface area contributed by atoms with Crippen LogP contribution in [0.4, 0.5) is 17.6 Å². The molecule has 0 aliphatic rings. The van der Waals surface area contributed by atoms with Crippen molar-refractivity contribution < 1.29 is 17.6 Å². The lowest BCUT2D eigenvalue weighted by atomic mass is 9.86. The standard InChI is InChI=1S/C14H20F4N2/c1-13(2,3)7-6-12(20-19)10-8-9(15)4-5-11(10)14(16,17)18/h4-5,8,12,20H,6-7,19H2,1-3H3. The number of halogens is 4. The molecule has 0 aromatic heterocycles. The highest BCUT2D eigenvalue weighted by atomic mass is 19.4. The second kappa shape index (κ2) is 6.10. The van der Waals surface area contributed by atoms with Crippen LogP contribution in [-0.4, -0.2) is 0 Å². The van der Waals surface area contributed by atoms with Gasteiger partial charge in [-0.3, -0.25) is 11.3 Å². The van der Waals surface area contributed by atoms with Gasteiger partial charge in [-0.25, -0.2) is 4.39 Å². The van der Waals surface area contributed by atoms with Gasteiger partial charge in [0.1, 0.15) is 5.82 Å². The minimum Gasteiger partial charge on any atom is -0.271 e. The Labute approximate surface area is 116 Å². The Morgan fingerprint density at radius 3 is 2.25 bits per heavy atom. The third kappa shape index (κ3) is 4.76. The van der Waals surface area contributed by atoms with E-state index in [0.29, 0.717) is 12.8 Å². The van der Waals surface area contributed by atoms with Gasteiger partial charge in [-0.2, -0.15) is 13.2 Å². The van der Waals surface area contributed by atoms with Crippen molar-refractivity contribution in [3.8, 4) is 0 Å². The van der Waals surface area contributed by atoms with Crippen LogP contribution < -0.4 is 11.3 Å². The summed E-state index contributed by atoms with van der Waals surface area (Å²) in [7, 11) is 0. The lowest BCUT2D eigenvalue weighted by Crippen LogP contribution is -2.30. The molecule has 0 saturated heterocycles. The summed E-state index contributed by atoms with van der Waals surface area (Å²) < 4.78 is 52.2. The average Bonchev–Trinajstić information content (AvgIpc) is 2.26. The first-order valence-electron chi connectivity index (χ1n) is 6.37. The zero-order valence-electron chi connectivity index (χ0n) is 11.8. The van der Waals surface area contributed by atoms with Gasteiger partial charge < -0.3 is 0 Å². The van der Waals surface area contributed by atoms with Crippen molar-refractivity contribution in [2.45, 2.75) is 45.8 Å². The smallest absolute Gasteiger partial charge is 0.271 e. The number of nitrogens with two attached hydrogens (primary N) is 1. The molecule has 0 fully saturated rings. The summed E-state index contributed by atoms with van der Waals surface area (Å²) in [5, 5.41) is 0. The molecule has 0 aliphatic heterocycles. The monoisotopic (exact) mass is 292 g/mol. The lowest BCUT2D eigenvalue weighted by molar-refractivity contribution is -0.138. The topological polar surface area (TPSA) is 38.0 Å². The van der Waals surface area contributed by atoms with Crippen molar-refractivity contribution in [1.82, 2.24) is 5.43 Å². The second-order valence-corrected chi connectivity index (χ2v) is 6.05. The minimum atomic E-state index is -4.53. The van der Waals surface area contributed by atoms with Crippen LogP contribution >= 0.6 is 0 Å². The van der Waals surface area contributed by atoms with Crippen LogP contribution in [0.15, 0.2) is 18.2 Å². The highest BCUT2D eigenvalue weighted by Crippen LogP contribution is 2.37. The van der Waals surface area contributed by atoms with E-state index in [9.17, 15) is 17.6 Å². The minimum absolute atomic E-state index is 0.0409. The maximum atomic E-state index is 13.3. The second-order valence-electron chi connectivity index (χ2n) is 6.05. The maximum Gasteiger partial charge on any atom is 0.416 e. The zero-order valence-corrected chi connectivity index (χ0v) is 11.8. The normalized spacial score (nSPS) is 14.4. The zero-order chi connectivity index (χ0) is 15.6. The molecule has 2 nitrogen and oxygen atoms in total. The van der Waals surface area contributed by atoms with Crippen LogP contribution in [-0.2, 0) is 6.18 Å². The van der Waals surface area contributed by atoms with E-state index < -0.39 is 23.6 Å². The average molecular weight is 292 g/mol. The first kappa shape index (κ1) is 16.9. The van der Waals surface area contributed by atoms with Crippen molar-refractivity contribution in [2.24, 2.45) is 11.3 Å². The quantitative estimate of drug-likeness (QED) is 0.496. The van der Waals surface area contributed by atoms with E-state index in [0.717, 1.165) is 18.2 Å². The third-order valence-electron chi connectivity index (χ3n) is 3.08. The molecule has 0 spiro atoms. The number of benzene rings is 1. The molecule has 6 heteroatoms. The number of rotatable bonds is 4. The van der Waals surface area contributed by atoms with Gasteiger partial charge in [0, 0.05) is 6.04 Å². The molecule has 0 aliphatic carbocycles. The molecule has 20 heavy (non-hydrogen) atoms. The highest BCUT2D eigenvalue weighted by molar-refractivity contribution is 5.33. The SMILES string of the molecule is CC(C)(C)CCC(NN)c1cc(F)ccc1C(F)(F)F. The Morgan fingerprint density at radius 1 is 1.20 bits per heavy atom. The molecule has 1 aromatic rings. The Bertz CT molecular complexity index is 449. The number of alkyl halides is 3. The van der Waals surface area contributed by atoms with E-state index in [2.05, 4.69) is 5.43 Å². The summed E-state index contributed by atoms with van der Waals surface area (Å²) in [5.74, 6) is 4.65. The van der Waals surface area contributed by atoms with Gasteiger partial charge in [-0.15, -0.1) is 0 Å². The lowest BCUT2D eigenvalue weighted by Gasteiger charge is -2.25. The van der Waals surface area contributed by atoms with Gasteiger partial charge in [-0.05, 0) is 42.0 Å². The molecule has 1 unspecified atom stereocenters. The summed E-state index contributed by atoms with van der Waals surface area (Å²) in [4.78, 5) is 0. The van der Waals surface area contributed by atoms with Crippen LogP contribution in [0.3, 0.4) is 0 Å². The van der Waals surface area contributed by atoms with Crippen molar-refractivity contribution in [1.29, 1.82) is 0 Å². The van der Waals surface area contributed by atoms with E-state index in [1.165, 1.54) is 0 Å². The summed E-state index contributed by atoms with van der Waals surface area (Å²) in [6.07, 6.45) is -3.47. The molecule has 114 valence electrons. The first-order valence-corrected chi connectivity index (χ1v) is 6.37. The fourth-order valence-electron chi connectivity index (χ4n) is 1.99. The van der Waals surface area contributed by atoms with E-state index in [4.69, 9.17) is 5.84 Å². The molecule has 0 saturated carbocycles. The Balaban J connectivity index is 3.10. The molecule has 0 bridgehead atoms. The van der Waals surface area contributed by atoms with Crippen molar-refractivity contribution in [3.63, 3.8) is 0 Å². The van der Waals surface area contributed by atoms with Crippen molar-refractivity contribution >= 4 is 0 Å².